The minimum atomic E-state index is -0.448. The quantitative estimate of drug-likeness (QED) is 0.477. The monoisotopic (exact) mass is 322 g/mol. The number of nitrogens with one attached hydrogen (secondary N) is 2. The van der Waals surface area contributed by atoms with Crippen molar-refractivity contribution in [1.82, 2.24) is 5.32 Å². The molecule has 1 aromatic rings. The molecule has 1 aromatic carbocycles. The number of hydrogen-bond donors (Lipinski definition) is 3. The number of rotatable bonds is 9. The number of carbonyl (C=O) groups is 1. The molecular formula is C16H26N4O3. The molecule has 1 amide bonds. The van der Waals surface area contributed by atoms with Gasteiger partial charge in [-0.3, -0.25) is 14.9 Å². The zero-order valence-electron chi connectivity index (χ0n) is 14.0. The van der Waals surface area contributed by atoms with E-state index in [1.54, 1.807) is 18.2 Å². The molecule has 0 aliphatic rings. The Bertz CT molecular complexity index is 548. The number of nitro groups is 1. The number of anilines is 1. The van der Waals surface area contributed by atoms with Gasteiger partial charge in [-0.2, -0.15) is 0 Å². The van der Waals surface area contributed by atoms with Gasteiger partial charge in [0.1, 0.15) is 5.69 Å². The minimum Gasteiger partial charge on any atom is -0.379 e. The van der Waals surface area contributed by atoms with Crippen molar-refractivity contribution >= 4 is 17.3 Å². The Balaban J connectivity index is 2.53. The first-order chi connectivity index (χ1) is 10.8. The van der Waals surface area contributed by atoms with Gasteiger partial charge in [0.05, 0.1) is 4.92 Å². The molecule has 0 spiro atoms. The number of carbonyl (C=O) groups excluding carboxylic acids is 1. The lowest BCUT2D eigenvalue weighted by atomic mass is 9.90. The Morgan fingerprint density at radius 3 is 2.61 bits per heavy atom. The van der Waals surface area contributed by atoms with Crippen LogP contribution in [-0.4, -0.2) is 29.5 Å². The highest BCUT2D eigenvalue weighted by molar-refractivity contribution is 5.77. The summed E-state index contributed by atoms with van der Waals surface area (Å²) in [7, 11) is 0. The number of nitro benzene ring substituents is 1. The van der Waals surface area contributed by atoms with E-state index in [-0.39, 0.29) is 18.0 Å². The van der Waals surface area contributed by atoms with Gasteiger partial charge in [-0.15, -0.1) is 0 Å². The normalized spacial score (nSPS) is 13.4. The van der Waals surface area contributed by atoms with Gasteiger partial charge in [-0.25, -0.2) is 0 Å². The average Bonchev–Trinajstić information content (AvgIpc) is 2.46. The molecule has 7 heteroatoms. The fraction of sp³-hybridized carbons (Fsp3) is 0.562. The van der Waals surface area contributed by atoms with Crippen molar-refractivity contribution in [3.63, 3.8) is 0 Å². The number of hydrogen-bond acceptors (Lipinski definition) is 5. The van der Waals surface area contributed by atoms with E-state index in [1.165, 1.54) is 6.07 Å². The van der Waals surface area contributed by atoms with Gasteiger partial charge < -0.3 is 16.4 Å². The van der Waals surface area contributed by atoms with E-state index in [4.69, 9.17) is 5.73 Å². The topological polar surface area (TPSA) is 110 Å². The van der Waals surface area contributed by atoms with Crippen molar-refractivity contribution in [3.05, 3.63) is 34.4 Å². The lowest BCUT2D eigenvalue weighted by Crippen LogP contribution is -2.52. The average molecular weight is 322 g/mol. The van der Waals surface area contributed by atoms with E-state index in [0.717, 1.165) is 6.42 Å². The Labute approximate surface area is 136 Å². The molecule has 0 fully saturated rings. The second-order valence-corrected chi connectivity index (χ2v) is 6.36. The van der Waals surface area contributed by atoms with E-state index in [0.29, 0.717) is 24.7 Å². The summed E-state index contributed by atoms with van der Waals surface area (Å²) < 4.78 is 0. The lowest BCUT2D eigenvalue weighted by molar-refractivity contribution is -0.384. The van der Waals surface area contributed by atoms with Gasteiger partial charge in [0.15, 0.2) is 0 Å². The highest BCUT2D eigenvalue weighted by atomic mass is 16.6. The van der Waals surface area contributed by atoms with Crippen LogP contribution in [0.1, 0.15) is 33.6 Å². The van der Waals surface area contributed by atoms with Crippen LogP contribution in [0.3, 0.4) is 0 Å². The van der Waals surface area contributed by atoms with E-state index in [1.807, 2.05) is 6.92 Å². The summed E-state index contributed by atoms with van der Waals surface area (Å²) in [6.07, 6.45) is 1.02. The number of amides is 1. The SMILES string of the molecule is CC(C)CC(C)(CN)NC(=O)CCNc1ccccc1[N+](=O)[O-]. The molecule has 0 bridgehead atoms. The zero-order valence-corrected chi connectivity index (χ0v) is 14.0. The van der Waals surface area contributed by atoms with Gasteiger partial charge in [0, 0.05) is 31.1 Å². The summed E-state index contributed by atoms with van der Waals surface area (Å²) in [5.41, 5.74) is 5.76. The first-order valence-corrected chi connectivity index (χ1v) is 7.76. The van der Waals surface area contributed by atoms with Crippen LogP contribution in [0.4, 0.5) is 11.4 Å². The zero-order chi connectivity index (χ0) is 17.5. The molecule has 7 nitrogen and oxygen atoms in total. The highest BCUT2D eigenvalue weighted by Gasteiger charge is 2.25. The van der Waals surface area contributed by atoms with Gasteiger partial charge in [-0.05, 0) is 25.3 Å². The summed E-state index contributed by atoms with van der Waals surface area (Å²) >= 11 is 0. The van der Waals surface area contributed by atoms with Crippen LogP contribution in [0, 0.1) is 16.0 Å². The van der Waals surface area contributed by atoms with Crippen LogP contribution in [0.5, 0.6) is 0 Å². The second-order valence-electron chi connectivity index (χ2n) is 6.36. The van der Waals surface area contributed by atoms with Crippen LogP contribution < -0.4 is 16.4 Å². The van der Waals surface area contributed by atoms with Gasteiger partial charge in [-0.1, -0.05) is 26.0 Å². The predicted molar refractivity (Wildman–Crippen MR) is 91.3 cm³/mol. The summed E-state index contributed by atoms with van der Waals surface area (Å²) in [5.74, 6) is 0.304. The van der Waals surface area contributed by atoms with Crippen LogP contribution in [0.2, 0.25) is 0 Å². The van der Waals surface area contributed by atoms with Gasteiger partial charge >= 0.3 is 0 Å². The molecule has 0 saturated carbocycles. The Morgan fingerprint density at radius 2 is 2.04 bits per heavy atom. The number of nitrogens with two attached hydrogens (primary N) is 1. The van der Waals surface area contributed by atoms with Crippen molar-refractivity contribution in [1.29, 1.82) is 0 Å². The smallest absolute Gasteiger partial charge is 0.292 e. The molecule has 0 heterocycles. The Kier molecular flexibility index (Phi) is 6.96. The lowest BCUT2D eigenvalue weighted by Gasteiger charge is -2.31. The standard InChI is InChI=1S/C16H26N4O3/c1-12(2)10-16(3,11-17)19-15(21)8-9-18-13-6-4-5-7-14(13)20(22)23/h4-7,12,18H,8-11,17H2,1-3H3,(H,19,21). The van der Waals surface area contributed by atoms with Crippen LogP contribution in [-0.2, 0) is 4.79 Å². The molecule has 23 heavy (non-hydrogen) atoms. The molecule has 1 unspecified atom stereocenters. The predicted octanol–water partition coefficient (Wildman–Crippen LogP) is 2.28. The second kappa shape index (κ2) is 8.47. The molecular weight excluding hydrogens is 296 g/mol. The maximum absolute atomic E-state index is 12.1. The van der Waals surface area contributed by atoms with E-state index in [2.05, 4.69) is 24.5 Å². The summed E-state index contributed by atoms with van der Waals surface area (Å²) in [6.45, 7) is 6.78. The fourth-order valence-corrected chi connectivity index (χ4v) is 2.58. The molecule has 4 N–H and O–H groups in total. The summed E-state index contributed by atoms with van der Waals surface area (Å²) in [4.78, 5) is 22.5. The third kappa shape index (κ3) is 6.23. The Hall–Kier alpha value is -2.15. The van der Waals surface area contributed by atoms with Crippen LogP contribution in [0.15, 0.2) is 24.3 Å². The van der Waals surface area contributed by atoms with Crippen molar-refractivity contribution in [3.8, 4) is 0 Å². The highest BCUT2D eigenvalue weighted by Crippen LogP contribution is 2.23. The maximum Gasteiger partial charge on any atom is 0.292 e. The first kappa shape index (κ1) is 18.9. The van der Waals surface area contributed by atoms with E-state index < -0.39 is 10.5 Å². The summed E-state index contributed by atoms with van der Waals surface area (Å²) in [5, 5.41) is 16.8. The number of benzene rings is 1. The molecule has 0 aliphatic carbocycles. The van der Waals surface area contributed by atoms with Crippen molar-refractivity contribution in [2.24, 2.45) is 11.7 Å². The largest absolute Gasteiger partial charge is 0.379 e. The molecule has 0 saturated heterocycles. The molecule has 0 aliphatic heterocycles. The molecule has 1 atom stereocenters. The van der Waals surface area contributed by atoms with E-state index >= 15 is 0 Å². The van der Waals surface area contributed by atoms with Crippen molar-refractivity contribution < 1.29 is 9.72 Å². The maximum atomic E-state index is 12.1. The third-order valence-electron chi connectivity index (χ3n) is 3.52. The Morgan fingerprint density at radius 1 is 1.39 bits per heavy atom. The van der Waals surface area contributed by atoms with E-state index in [9.17, 15) is 14.9 Å². The van der Waals surface area contributed by atoms with Crippen molar-refractivity contribution in [2.75, 3.05) is 18.4 Å². The first-order valence-electron chi connectivity index (χ1n) is 7.76. The molecule has 0 radical (unpaired) electrons. The summed E-state index contributed by atoms with van der Waals surface area (Å²) in [6, 6.07) is 6.37. The van der Waals surface area contributed by atoms with Crippen molar-refractivity contribution in [2.45, 2.75) is 39.2 Å². The van der Waals surface area contributed by atoms with Gasteiger partial charge in [0.2, 0.25) is 5.91 Å². The number of para-hydroxylation sites is 2. The molecule has 128 valence electrons. The van der Waals surface area contributed by atoms with Crippen LogP contribution >= 0.6 is 0 Å². The fourth-order valence-electron chi connectivity index (χ4n) is 2.58. The molecule has 1 rings (SSSR count). The number of nitrogens with zero attached hydrogens (tertiary/aromatic N) is 1. The molecule has 0 aromatic heterocycles. The minimum absolute atomic E-state index is 0.000451. The van der Waals surface area contributed by atoms with Gasteiger partial charge in [0.25, 0.3) is 5.69 Å². The van der Waals surface area contributed by atoms with Crippen LogP contribution in [0.25, 0.3) is 0 Å². The third-order valence-corrected chi connectivity index (χ3v) is 3.52.